The van der Waals surface area contributed by atoms with Gasteiger partial charge in [-0.25, -0.2) is 13.2 Å². The smallest absolute Gasteiger partial charge is 0.410 e. The lowest BCUT2D eigenvalue weighted by Crippen LogP contribution is -2.40. The molecule has 11 heteroatoms. The molecule has 3 aromatic carbocycles. The number of sulfone groups is 1. The first-order valence-electron chi connectivity index (χ1n) is 13.3. The highest BCUT2D eigenvalue weighted by Crippen LogP contribution is 2.24. The molecule has 9 nitrogen and oxygen atoms in total. The number of amides is 2. The van der Waals surface area contributed by atoms with Crippen LogP contribution < -0.4 is 4.74 Å². The zero-order valence-electron chi connectivity index (χ0n) is 24.4. The van der Waals surface area contributed by atoms with Crippen molar-refractivity contribution in [1.29, 1.82) is 0 Å². The lowest BCUT2D eigenvalue weighted by molar-refractivity contribution is -0.130. The Kier molecular flexibility index (Phi) is 11.0. The minimum atomic E-state index is -3.79. The second-order valence-corrected chi connectivity index (χ2v) is 13.3. The number of nitrogens with zero attached hydrogens (tertiary/aromatic N) is 2. The summed E-state index contributed by atoms with van der Waals surface area (Å²) in [5.41, 5.74) is 0.654. The second-order valence-electron chi connectivity index (χ2n) is 10.9. The number of rotatable bonds is 11. The van der Waals surface area contributed by atoms with E-state index in [9.17, 15) is 23.1 Å². The molecule has 0 aliphatic heterocycles. The molecular formula is C31H37ClN2O7S. The maximum atomic E-state index is 13.2. The molecule has 3 aromatic rings. The Morgan fingerprint density at radius 1 is 0.952 bits per heavy atom. The molecule has 2 amide bonds. The minimum Gasteiger partial charge on any atom is -0.484 e. The van der Waals surface area contributed by atoms with Crippen molar-refractivity contribution in [3.05, 3.63) is 88.9 Å². The van der Waals surface area contributed by atoms with Crippen LogP contribution in [0.5, 0.6) is 5.75 Å². The van der Waals surface area contributed by atoms with Crippen LogP contribution in [-0.4, -0.2) is 74.7 Å². The Bertz CT molecular complexity index is 1470. The zero-order valence-corrected chi connectivity index (χ0v) is 26.0. The molecule has 1 N–H and O–H groups in total. The predicted octanol–water partition coefficient (Wildman–Crippen LogP) is 5.15. The van der Waals surface area contributed by atoms with Crippen molar-refractivity contribution in [2.75, 3.05) is 33.8 Å². The first kappa shape index (κ1) is 32.9. The fraction of sp³-hybridized carbons (Fsp3) is 0.355. The molecule has 3 rings (SSSR count). The molecule has 0 saturated heterocycles. The van der Waals surface area contributed by atoms with E-state index in [1.165, 1.54) is 46.2 Å². The van der Waals surface area contributed by atoms with E-state index < -0.39 is 27.6 Å². The van der Waals surface area contributed by atoms with Gasteiger partial charge >= 0.3 is 6.09 Å². The van der Waals surface area contributed by atoms with E-state index >= 15 is 0 Å². The molecule has 0 saturated carbocycles. The van der Waals surface area contributed by atoms with Crippen LogP contribution in [0.25, 0.3) is 0 Å². The van der Waals surface area contributed by atoms with Gasteiger partial charge in [-0.2, -0.15) is 0 Å². The fourth-order valence-electron chi connectivity index (χ4n) is 3.84. The Morgan fingerprint density at radius 2 is 1.55 bits per heavy atom. The van der Waals surface area contributed by atoms with E-state index in [0.717, 1.165) is 5.56 Å². The molecule has 42 heavy (non-hydrogen) atoms. The number of halogens is 1. The van der Waals surface area contributed by atoms with Crippen LogP contribution in [0.4, 0.5) is 4.79 Å². The number of ether oxygens (including phenoxy) is 2. The topological polar surface area (TPSA) is 113 Å². The molecule has 0 fully saturated rings. The monoisotopic (exact) mass is 616 g/mol. The first-order valence-corrected chi connectivity index (χ1v) is 15.2. The quantitative estimate of drug-likeness (QED) is 0.317. The summed E-state index contributed by atoms with van der Waals surface area (Å²) in [6.45, 7) is 5.37. The van der Waals surface area contributed by atoms with Gasteiger partial charge in [-0.05, 0) is 86.8 Å². The summed E-state index contributed by atoms with van der Waals surface area (Å²) in [7, 11) is -0.548. The van der Waals surface area contributed by atoms with Gasteiger partial charge < -0.3 is 24.4 Å². The van der Waals surface area contributed by atoms with Gasteiger partial charge in [0.05, 0.1) is 22.4 Å². The van der Waals surface area contributed by atoms with Crippen LogP contribution >= 0.6 is 11.6 Å². The van der Waals surface area contributed by atoms with Crippen molar-refractivity contribution in [2.24, 2.45) is 0 Å². The molecule has 0 aliphatic carbocycles. The fourth-order valence-corrected chi connectivity index (χ4v) is 5.30. The van der Waals surface area contributed by atoms with Crippen molar-refractivity contribution in [3.63, 3.8) is 0 Å². The minimum absolute atomic E-state index is 0.00919. The number of carbonyl (C=O) groups excluding carboxylic acids is 2. The van der Waals surface area contributed by atoms with Gasteiger partial charge in [0.15, 0.2) is 6.61 Å². The summed E-state index contributed by atoms with van der Waals surface area (Å²) < 4.78 is 37.3. The normalized spacial score (nSPS) is 12.4. The van der Waals surface area contributed by atoms with E-state index in [-0.39, 0.29) is 35.4 Å². The van der Waals surface area contributed by atoms with Gasteiger partial charge in [-0.15, -0.1) is 0 Å². The molecule has 0 aliphatic rings. The van der Waals surface area contributed by atoms with E-state index in [1.807, 2.05) is 0 Å². The summed E-state index contributed by atoms with van der Waals surface area (Å²) in [4.78, 5) is 27.7. The highest BCUT2D eigenvalue weighted by atomic mass is 35.5. The molecule has 1 unspecified atom stereocenters. The van der Waals surface area contributed by atoms with Gasteiger partial charge in [-0.1, -0.05) is 35.9 Å². The number of hydrogen-bond acceptors (Lipinski definition) is 7. The highest BCUT2D eigenvalue weighted by molar-refractivity contribution is 7.91. The van der Waals surface area contributed by atoms with Crippen molar-refractivity contribution in [2.45, 2.75) is 48.7 Å². The third kappa shape index (κ3) is 9.47. The number of aliphatic hydroxyl groups is 1. The average Bonchev–Trinajstić information content (AvgIpc) is 2.93. The van der Waals surface area contributed by atoms with Crippen LogP contribution in [0, 0.1) is 0 Å². The Labute approximate surface area is 252 Å². The van der Waals surface area contributed by atoms with Crippen LogP contribution in [0.3, 0.4) is 0 Å². The third-order valence-corrected chi connectivity index (χ3v) is 8.20. The Hall–Kier alpha value is -3.60. The number of likely N-dealkylation sites (N-methyl/N-ethyl adjacent to an activating group) is 1. The van der Waals surface area contributed by atoms with Crippen molar-refractivity contribution in [3.8, 4) is 5.75 Å². The van der Waals surface area contributed by atoms with Crippen molar-refractivity contribution >= 4 is 33.4 Å². The van der Waals surface area contributed by atoms with E-state index in [4.69, 9.17) is 21.1 Å². The molecule has 0 aromatic heterocycles. The summed E-state index contributed by atoms with van der Waals surface area (Å²) >= 11 is 6.06. The Balaban J connectivity index is 1.69. The maximum absolute atomic E-state index is 13.2. The summed E-state index contributed by atoms with van der Waals surface area (Å²) in [5, 5.41) is 11.3. The van der Waals surface area contributed by atoms with Crippen LogP contribution in [0.1, 0.15) is 38.0 Å². The highest BCUT2D eigenvalue weighted by Gasteiger charge is 2.25. The molecule has 0 bridgehead atoms. The van der Waals surface area contributed by atoms with Crippen LogP contribution in [-0.2, 0) is 25.8 Å². The molecule has 0 heterocycles. The summed E-state index contributed by atoms with van der Waals surface area (Å²) in [5.74, 6) is 0.174. The largest absolute Gasteiger partial charge is 0.484 e. The predicted molar refractivity (Wildman–Crippen MR) is 160 cm³/mol. The van der Waals surface area contributed by atoms with Crippen LogP contribution in [0.15, 0.2) is 82.6 Å². The van der Waals surface area contributed by atoms with Gasteiger partial charge in [0, 0.05) is 25.7 Å². The van der Waals surface area contributed by atoms with Gasteiger partial charge in [0.1, 0.15) is 11.4 Å². The molecular weight excluding hydrogens is 580 g/mol. The average molecular weight is 617 g/mol. The second kappa shape index (κ2) is 14.0. The summed E-state index contributed by atoms with van der Waals surface area (Å²) in [6, 6.07) is 19.1. The van der Waals surface area contributed by atoms with Crippen LogP contribution in [0.2, 0.25) is 5.02 Å². The number of aliphatic hydroxyl groups excluding tert-OH is 1. The van der Waals surface area contributed by atoms with E-state index in [0.29, 0.717) is 22.8 Å². The molecule has 0 radical (unpaired) electrons. The first-order chi connectivity index (χ1) is 19.7. The standard InChI is InChI=1S/C31H37ClN2O7S/c1-31(2,3)41-30(37)34(20-28(35)23-7-6-8-24(32)19-23)18-17-22-9-13-26(14-10-22)42(38,39)27-15-11-25(12-16-27)40-21-29(36)33(4)5/h6-16,19,28,35H,17-18,20-21H2,1-5H3. The molecule has 1 atom stereocenters. The number of benzene rings is 3. The SMILES string of the molecule is CN(C)C(=O)COc1ccc(S(=O)(=O)c2ccc(CCN(CC(O)c3cccc(Cl)c3)C(=O)OC(C)(C)C)cc2)cc1. The Morgan fingerprint density at radius 3 is 2.10 bits per heavy atom. The van der Waals surface area contributed by atoms with Crippen molar-refractivity contribution < 1.29 is 32.6 Å². The van der Waals surface area contributed by atoms with E-state index in [1.54, 1.807) is 71.3 Å². The van der Waals surface area contributed by atoms with Gasteiger partial charge in [0.25, 0.3) is 5.91 Å². The molecule has 226 valence electrons. The number of hydrogen-bond donors (Lipinski definition) is 1. The lowest BCUT2D eigenvalue weighted by atomic mass is 10.1. The third-order valence-electron chi connectivity index (χ3n) is 6.18. The lowest BCUT2D eigenvalue weighted by Gasteiger charge is -2.29. The zero-order chi connectivity index (χ0) is 31.1. The van der Waals surface area contributed by atoms with Gasteiger partial charge in [-0.3, -0.25) is 4.79 Å². The van der Waals surface area contributed by atoms with E-state index in [2.05, 4.69) is 0 Å². The maximum Gasteiger partial charge on any atom is 0.410 e. The van der Waals surface area contributed by atoms with Crippen molar-refractivity contribution in [1.82, 2.24) is 9.80 Å². The van der Waals surface area contributed by atoms with Gasteiger partial charge in [0.2, 0.25) is 9.84 Å². The number of carbonyl (C=O) groups is 2. The molecule has 0 spiro atoms. The summed E-state index contributed by atoms with van der Waals surface area (Å²) in [6.07, 6.45) is -1.14.